The minimum absolute atomic E-state index is 0.0140. The third-order valence-electron chi connectivity index (χ3n) is 4.11. The van der Waals surface area contributed by atoms with Gasteiger partial charge in [-0.1, -0.05) is 23.7 Å². The maximum Gasteiger partial charge on any atom is 0.250 e. The zero-order valence-corrected chi connectivity index (χ0v) is 13.6. The van der Waals surface area contributed by atoms with E-state index in [9.17, 15) is 9.59 Å². The number of allylic oxidation sites excluding steroid dienone is 2. The van der Waals surface area contributed by atoms with Crippen LogP contribution in [0.5, 0.6) is 0 Å². The molecule has 118 valence electrons. The molecule has 6 heteroatoms. The number of carbonyl (C=O) groups is 2. The van der Waals surface area contributed by atoms with Crippen LogP contribution in [-0.4, -0.2) is 28.1 Å². The van der Waals surface area contributed by atoms with Gasteiger partial charge in [0, 0.05) is 16.9 Å². The van der Waals surface area contributed by atoms with Crippen molar-refractivity contribution in [2.24, 2.45) is 4.99 Å². The number of halogens is 1. The number of benzene rings is 1. The SMILES string of the molecule is Cc1c(Cl)cccc1NC(=O)C1(C)CC(=O)N=C2C=CC=CN21. The molecule has 0 aliphatic carbocycles. The van der Waals surface area contributed by atoms with Crippen LogP contribution in [0.15, 0.2) is 47.6 Å². The molecule has 1 unspecified atom stereocenters. The Hall–Kier alpha value is -2.40. The van der Waals surface area contributed by atoms with Gasteiger partial charge in [0.1, 0.15) is 11.4 Å². The maximum atomic E-state index is 12.9. The first-order valence-electron chi connectivity index (χ1n) is 7.24. The monoisotopic (exact) mass is 329 g/mol. The summed E-state index contributed by atoms with van der Waals surface area (Å²) in [4.78, 5) is 30.5. The van der Waals surface area contributed by atoms with Crippen LogP contribution < -0.4 is 5.32 Å². The lowest BCUT2D eigenvalue weighted by atomic mass is 9.91. The average molecular weight is 330 g/mol. The van der Waals surface area contributed by atoms with Crippen molar-refractivity contribution in [3.63, 3.8) is 0 Å². The van der Waals surface area contributed by atoms with Gasteiger partial charge in [0.25, 0.3) is 11.8 Å². The van der Waals surface area contributed by atoms with E-state index in [2.05, 4.69) is 10.3 Å². The Morgan fingerprint density at radius 2 is 2.17 bits per heavy atom. The van der Waals surface area contributed by atoms with Gasteiger partial charge in [-0.25, -0.2) is 0 Å². The fraction of sp³-hybridized carbons (Fsp3) is 0.235. The number of amides is 2. The number of fused-ring (bicyclic) bond motifs is 1. The Morgan fingerprint density at radius 3 is 2.96 bits per heavy atom. The highest BCUT2D eigenvalue weighted by molar-refractivity contribution is 6.31. The van der Waals surface area contributed by atoms with Crippen LogP contribution >= 0.6 is 11.6 Å². The highest BCUT2D eigenvalue weighted by atomic mass is 35.5. The topological polar surface area (TPSA) is 61.8 Å². The van der Waals surface area contributed by atoms with Crippen molar-refractivity contribution in [3.8, 4) is 0 Å². The summed E-state index contributed by atoms with van der Waals surface area (Å²) < 4.78 is 0. The smallest absolute Gasteiger partial charge is 0.250 e. The highest BCUT2D eigenvalue weighted by Crippen LogP contribution is 2.30. The highest BCUT2D eigenvalue weighted by Gasteiger charge is 2.45. The van der Waals surface area contributed by atoms with Gasteiger partial charge in [-0.05, 0) is 43.7 Å². The Kier molecular flexibility index (Phi) is 3.82. The molecule has 23 heavy (non-hydrogen) atoms. The summed E-state index contributed by atoms with van der Waals surface area (Å²) in [5.74, 6) is -0.107. The van der Waals surface area contributed by atoms with Crippen molar-refractivity contribution in [3.05, 3.63) is 53.2 Å². The van der Waals surface area contributed by atoms with Gasteiger partial charge < -0.3 is 10.2 Å². The van der Waals surface area contributed by atoms with Gasteiger partial charge in [0.2, 0.25) is 0 Å². The van der Waals surface area contributed by atoms with E-state index in [1.54, 1.807) is 48.4 Å². The van der Waals surface area contributed by atoms with Gasteiger partial charge in [0.05, 0.1) is 6.42 Å². The summed E-state index contributed by atoms with van der Waals surface area (Å²) in [6, 6.07) is 5.32. The predicted octanol–water partition coefficient (Wildman–Crippen LogP) is 3.06. The number of hydrogen-bond donors (Lipinski definition) is 1. The number of aliphatic imine (C=N–C) groups is 1. The second-order valence-corrected chi connectivity index (χ2v) is 6.16. The summed E-state index contributed by atoms with van der Waals surface area (Å²) >= 11 is 6.10. The largest absolute Gasteiger partial charge is 0.324 e. The molecule has 2 aliphatic heterocycles. The summed E-state index contributed by atoms with van der Waals surface area (Å²) in [6.07, 6.45) is 7.08. The van der Waals surface area contributed by atoms with Crippen molar-refractivity contribution in [1.29, 1.82) is 0 Å². The molecule has 1 N–H and O–H groups in total. The summed E-state index contributed by atoms with van der Waals surface area (Å²) in [6.45, 7) is 3.57. The molecule has 0 spiro atoms. The number of amidine groups is 1. The number of rotatable bonds is 2. The molecule has 2 aliphatic rings. The molecule has 0 saturated heterocycles. The Morgan fingerprint density at radius 1 is 1.39 bits per heavy atom. The third-order valence-corrected chi connectivity index (χ3v) is 4.52. The molecular formula is C17H16ClN3O2. The summed E-state index contributed by atoms with van der Waals surface area (Å²) in [5, 5.41) is 3.46. The van der Waals surface area contributed by atoms with Crippen LogP contribution in [0.4, 0.5) is 5.69 Å². The molecule has 1 aromatic rings. The van der Waals surface area contributed by atoms with Crippen molar-refractivity contribution < 1.29 is 9.59 Å². The molecule has 1 atom stereocenters. The summed E-state index contributed by atoms with van der Waals surface area (Å²) in [5.41, 5.74) is 0.387. The quantitative estimate of drug-likeness (QED) is 0.907. The second-order valence-electron chi connectivity index (χ2n) is 5.75. The van der Waals surface area contributed by atoms with E-state index in [0.29, 0.717) is 16.5 Å². The van der Waals surface area contributed by atoms with E-state index in [-0.39, 0.29) is 18.2 Å². The van der Waals surface area contributed by atoms with Crippen molar-refractivity contribution in [1.82, 2.24) is 4.90 Å². The normalized spacial score (nSPS) is 22.7. The zero-order chi connectivity index (χ0) is 16.6. The third kappa shape index (κ3) is 2.68. The molecule has 0 fully saturated rings. The number of nitrogens with zero attached hydrogens (tertiary/aromatic N) is 2. The van der Waals surface area contributed by atoms with Gasteiger partial charge >= 0.3 is 0 Å². The molecule has 0 aromatic heterocycles. The Balaban J connectivity index is 1.93. The number of carbonyl (C=O) groups excluding carboxylic acids is 2. The first kappa shape index (κ1) is 15.5. The fourth-order valence-corrected chi connectivity index (χ4v) is 2.85. The molecule has 5 nitrogen and oxygen atoms in total. The van der Waals surface area contributed by atoms with Crippen LogP contribution in [0.3, 0.4) is 0 Å². The number of hydrogen-bond acceptors (Lipinski definition) is 3. The van der Waals surface area contributed by atoms with E-state index in [4.69, 9.17) is 11.6 Å². The predicted molar refractivity (Wildman–Crippen MR) is 90.4 cm³/mol. The van der Waals surface area contributed by atoms with Crippen molar-refractivity contribution in [2.75, 3.05) is 5.32 Å². The van der Waals surface area contributed by atoms with Gasteiger partial charge in [-0.2, -0.15) is 4.99 Å². The van der Waals surface area contributed by atoms with Crippen LogP contribution in [0.25, 0.3) is 0 Å². The molecule has 2 amide bonds. The second kappa shape index (κ2) is 5.66. The molecule has 0 saturated carbocycles. The fourth-order valence-electron chi connectivity index (χ4n) is 2.68. The number of nitrogens with one attached hydrogen (secondary N) is 1. The lowest BCUT2D eigenvalue weighted by Crippen LogP contribution is -2.58. The van der Waals surface area contributed by atoms with Gasteiger partial charge in [-0.15, -0.1) is 0 Å². The lowest BCUT2D eigenvalue weighted by molar-refractivity contribution is -0.130. The van der Waals surface area contributed by atoms with Crippen molar-refractivity contribution >= 4 is 34.9 Å². The average Bonchev–Trinajstić information content (AvgIpc) is 2.51. The number of anilines is 1. The maximum absolute atomic E-state index is 12.9. The van der Waals surface area contributed by atoms with E-state index >= 15 is 0 Å². The first-order valence-corrected chi connectivity index (χ1v) is 7.62. The lowest BCUT2D eigenvalue weighted by Gasteiger charge is -2.41. The zero-order valence-electron chi connectivity index (χ0n) is 12.8. The minimum atomic E-state index is -1.04. The van der Waals surface area contributed by atoms with E-state index in [1.165, 1.54) is 0 Å². The van der Waals surface area contributed by atoms with Crippen LogP contribution in [-0.2, 0) is 9.59 Å². The van der Waals surface area contributed by atoms with Crippen LogP contribution in [0.1, 0.15) is 18.9 Å². The van der Waals surface area contributed by atoms with Gasteiger partial charge in [0.15, 0.2) is 0 Å². The van der Waals surface area contributed by atoms with Crippen molar-refractivity contribution in [2.45, 2.75) is 25.8 Å². The molecule has 3 rings (SSSR count). The van der Waals surface area contributed by atoms with Crippen LogP contribution in [0, 0.1) is 6.92 Å². The minimum Gasteiger partial charge on any atom is -0.324 e. The first-order chi connectivity index (χ1) is 10.9. The van der Waals surface area contributed by atoms with E-state index < -0.39 is 5.54 Å². The Labute approximate surface area is 139 Å². The van der Waals surface area contributed by atoms with E-state index in [1.807, 2.05) is 13.0 Å². The summed E-state index contributed by atoms with van der Waals surface area (Å²) in [7, 11) is 0. The van der Waals surface area contributed by atoms with Crippen LogP contribution in [0.2, 0.25) is 5.02 Å². The molecular weight excluding hydrogens is 314 g/mol. The standard InChI is InChI=1S/C17H16ClN3O2/c1-11-12(18)6-5-7-13(11)19-16(23)17(2)10-15(22)20-14-8-3-4-9-21(14)17/h3-9H,10H2,1-2H3,(H,19,23). The Bertz CT molecular complexity index is 782. The van der Waals surface area contributed by atoms with Gasteiger partial charge in [-0.3, -0.25) is 9.59 Å². The molecule has 0 bridgehead atoms. The molecule has 2 heterocycles. The molecule has 1 aromatic carbocycles. The molecule has 0 radical (unpaired) electrons. The van der Waals surface area contributed by atoms with E-state index in [0.717, 1.165) is 5.56 Å².